The lowest BCUT2D eigenvalue weighted by Gasteiger charge is -2.39. The molecule has 0 bridgehead atoms. The molecular weight excluding hydrogens is 456 g/mol. The Hall–Kier alpha value is -2.45. The van der Waals surface area contributed by atoms with Crippen LogP contribution in [0.2, 0.25) is 10.3 Å². The summed E-state index contributed by atoms with van der Waals surface area (Å²) in [4.78, 5) is 26.6. The highest BCUT2D eigenvalue weighted by atomic mass is 35.5. The van der Waals surface area contributed by atoms with E-state index in [1.807, 2.05) is 45.3 Å². The molecule has 0 spiro atoms. The quantitative estimate of drug-likeness (QED) is 0.440. The minimum atomic E-state index is -0.558. The van der Waals surface area contributed by atoms with E-state index in [-0.39, 0.29) is 33.9 Å². The first-order valence-electron chi connectivity index (χ1n) is 10.3. The Labute approximate surface area is 195 Å². The Bertz CT molecular complexity index is 1200. The number of halogens is 3. The summed E-state index contributed by atoms with van der Waals surface area (Å²) in [6.07, 6.45) is 1.03. The van der Waals surface area contributed by atoms with Gasteiger partial charge in [-0.25, -0.2) is 24.1 Å². The largest absolute Gasteiger partial charge is 0.444 e. The van der Waals surface area contributed by atoms with Crippen molar-refractivity contribution in [3.05, 3.63) is 40.3 Å². The number of amides is 1. The van der Waals surface area contributed by atoms with Crippen LogP contribution in [-0.4, -0.2) is 49.2 Å². The Morgan fingerprint density at radius 2 is 1.91 bits per heavy atom. The van der Waals surface area contributed by atoms with Crippen molar-refractivity contribution in [3.8, 4) is 11.3 Å². The van der Waals surface area contributed by atoms with Crippen LogP contribution in [0.25, 0.3) is 22.3 Å². The minimum absolute atomic E-state index is 0.0164. The zero-order chi connectivity index (χ0) is 23.4. The van der Waals surface area contributed by atoms with Gasteiger partial charge in [-0.05, 0) is 58.4 Å². The molecular formula is C22H24Cl2FN5O2. The summed E-state index contributed by atoms with van der Waals surface area (Å²) < 4.78 is 22.5. The fourth-order valence-corrected chi connectivity index (χ4v) is 4.14. The summed E-state index contributed by atoms with van der Waals surface area (Å²) in [5.74, 6) is 0.238. The van der Waals surface area contributed by atoms with E-state index in [0.717, 1.165) is 5.82 Å². The van der Waals surface area contributed by atoms with Crippen molar-refractivity contribution < 1.29 is 13.9 Å². The smallest absolute Gasteiger partial charge is 0.410 e. The third kappa shape index (κ3) is 4.26. The zero-order valence-electron chi connectivity index (χ0n) is 18.5. The van der Waals surface area contributed by atoms with Crippen LogP contribution in [0.15, 0.2) is 18.3 Å². The summed E-state index contributed by atoms with van der Waals surface area (Å²) in [5.41, 5.74) is 1.18. The first-order chi connectivity index (χ1) is 14.9. The molecule has 32 heavy (non-hydrogen) atoms. The van der Waals surface area contributed by atoms with Gasteiger partial charge in [0, 0.05) is 24.7 Å². The van der Waals surface area contributed by atoms with Gasteiger partial charge in [-0.2, -0.15) is 0 Å². The number of carbonyl (C=O) groups excluding carboxylic acids is 1. The third-order valence-corrected chi connectivity index (χ3v) is 5.64. The predicted octanol–water partition coefficient (Wildman–Crippen LogP) is 5.85. The van der Waals surface area contributed by atoms with Crippen LogP contribution >= 0.6 is 23.2 Å². The number of nitrogens with zero attached hydrogens (tertiary/aromatic N) is 5. The number of likely N-dealkylation sites (tertiary alicyclic amines) is 1. The average molecular weight is 480 g/mol. The summed E-state index contributed by atoms with van der Waals surface area (Å²) in [6, 6.07) is 3.18. The topological polar surface area (TPSA) is 73.1 Å². The van der Waals surface area contributed by atoms with Gasteiger partial charge in [0.15, 0.2) is 5.82 Å². The van der Waals surface area contributed by atoms with E-state index in [2.05, 4.69) is 15.0 Å². The van der Waals surface area contributed by atoms with E-state index in [1.165, 1.54) is 12.3 Å². The number of hydrogen-bond acceptors (Lipinski definition) is 5. The zero-order valence-corrected chi connectivity index (χ0v) is 20.0. The first kappa shape index (κ1) is 22.7. The number of ether oxygens (including phenoxy) is 1. The maximum atomic E-state index is 15.1. The molecule has 0 aliphatic carbocycles. The molecule has 3 aromatic rings. The van der Waals surface area contributed by atoms with Gasteiger partial charge in [-0.3, -0.25) is 0 Å². The molecule has 10 heteroatoms. The van der Waals surface area contributed by atoms with Crippen LogP contribution in [0.4, 0.5) is 9.18 Å². The Kier molecular flexibility index (Phi) is 5.79. The van der Waals surface area contributed by atoms with E-state index in [1.54, 1.807) is 4.90 Å². The van der Waals surface area contributed by atoms with Crippen molar-refractivity contribution in [2.24, 2.45) is 0 Å². The van der Waals surface area contributed by atoms with Crippen LogP contribution in [0.5, 0.6) is 0 Å². The lowest BCUT2D eigenvalue weighted by molar-refractivity contribution is 0.00722. The highest BCUT2D eigenvalue weighted by molar-refractivity contribution is 6.33. The van der Waals surface area contributed by atoms with Crippen molar-refractivity contribution in [2.45, 2.75) is 52.2 Å². The molecule has 0 saturated carbocycles. The van der Waals surface area contributed by atoms with E-state index in [0.29, 0.717) is 29.9 Å². The molecule has 0 atom stereocenters. The lowest BCUT2D eigenvalue weighted by Crippen LogP contribution is -2.51. The van der Waals surface area contributed by atoms with E-state index < -0.39 is 11.4 Å². The van der Waals surface area contributed by atoms with Crippen LogP contribution in [0, 0.1) is 5.82 Å². The second kappa shape index (κ2) is 8.15. The van der Waals surface area contributed by atoms with Crippen LogP contribution in [0.3, 0.4) is 0 Å². The fraction of sp³-hybridized carbons (Fsp3) is 0.455. The molecule has 1 amide bonds. The number of hydrogen-bond donors (Lipinski definition) is 0. The number of aromatic nitrogens is 4. The molecule has 0 unspecified atom stereocenters. The number of benzene rings is 1. The second-order valence-electron chi connectivity index (χ2n) is 9.18. The Balaban J connectivity index is 1.71. The standard InChI is InChI=1S/C22H24Cl2FN5O2/c1-11(2)30-16-7-12(17-14(23)8-26-20(24)28-17)6-15(25)18(16)27-19(30)13-9-29(10-13)21(31)32-22(3,4)5/h6-8,11,13H,9-10H2,1-5H3. The summed E-state index contributed by atoms with van der Waals surface area (Å²) in [5, 5.41) is 0.302. The Morgan fingerprint density at radius 3 is 2.53 bits per heavy atom. The molecule has 1 fully saturated rings. The summed E-state index contributed by atoms with van der Waals surface area (Å²) in [7, 11) is 0. The van der Waals surface area contributed by atoms with E-state index >= 15 is 4.39 Å². The van der Waals surface area contributed by atoms with Crippen LogP contribution in [-0.2, 0) is 4.74 Å². The van der Waals surface area contributed by atoms with Crippen molar-refractivity contribution in [1.29, 1.82) is 0 Å². The predicted molar refractivity (Wildman–Crippen MR) is 122 cm³/mol. The molecule has 1 saturated heterocycles. The molecule has 170 valence electrons. The van der Waals surface area contributed by atoms with E-state index in [9.17, 15) is 4.79 Å². The number of fused-ring (bicyclic) bond motifs is 1. The van der Waals surface area contributed by atoms with Crippen molar-refractivity contribution in [1.82, 2.24) is 24.4 Å². The molecule has 1 aliphatic heterocycles. The Morgan fingerprint density at radius 1 is 1.22 bits per heavy atom. The van der Waals surface area contributed by atoms with Crippen LogP contribution < -0.4 is 0 Å². The maximum Gasteiger partial charge on any atom is 0.410 e. The van der Waals surface area contributed by atoms with Gasteiger partial charge in [0.05, 0.1) is 28.3 Å². The summed E-state index contributed by atoms with van der Waals surface area (Å²) >= 11 is 12.2. The third-order valence-electron chi connectivity index (χ3n) is 5.18. The molecule has 0 radical (unpaired) electrons. The highest BCUT2D eigenvalue weighted by Crippen LogP contribution is 2.36. The van der Waals surface area contributed by atoms with Gasteiger partial charge in [-0.1, -0.05) is 11.6 Å². The molecule has 0 N–H and O–H groups in total. The van der Waals surface area contributed by atoms with Crippen molar-refractivity contribution in [2.75, 3.05) is 13.1 Å². The molecule has 7 nitrogen and oxygen atoms in total. The molecule has 2 aromatic heterocycles. The SMILES string of the molecule is CC(C)n1c(C2CN(C(=O)OC(C)(C)C)C2)nc2c(F)cc(-c3nc(Cl)ncc3Cl)cc21. The molecule has 3 heterocycles. The van der Waals surface area contributed by atoms with Gasteiger partial charge >= 0.3 is 6.09 Å². The van der Waals surface area contributed by atoms with E-state index in [4.69, 9.17) is 27.9 Å². The molecule has 1 aromatic carbocycles. The van der Waals surface area contributed by atoms with Gasteiger partial charge < -0.3 is 14.2 Å². The fourth-order valence-electron chi connectivity index (χ4n) is 3.80. The van der Waals surface area contributed by atoms with Gasteiger partial charge in [-0.15, -0.1) is 0 Å². The first-order valence-corrected chi connectivity index (χ1v) is 11.1. The van der Waals surface area contributed by atoms with Crippen molar-refractivity contribution >= 4 is 40.3 Å². The number of carbonyl (C=O) groups is 1. The molecule has 4 rings (SSSR count). The van der Waals surface area contributed by atoms with Gasteiger partial charge in [0.2, 0.25) is 5.28 Å². The summed E-state index contributed by atoms with van der Waals surface area (Å²) in [6.45, 7) is 10.4. The van der Waals surface area contributed by atoms with Crippen LogP contribution in [0.1, 0.15) is 52.4 Å². The lowest BCUT2D eigenvalue weighted by atomic mass is 9.99. The molecule has 1 aliphatic rings. The average Bonchev–Trinajstić information content (AvgIpc) is 3.00. The normalized spacial score (nSPS) is 14.8. The number of rotatable bonds is 3. The maximum absolute atomic E-state index is 15.1. The number of imidazole rings is 1. The van der Waals surface area contributed by atoms with Gasteiger partial charge in [0.25, 0.3) is 0 Å². The monoisotopic (exact) mass is 479 g/mol. The highest BCUT2D eigenvalue weighted by Gasteiger charge is 2.38. The second-order valence-corrected chi connectivity index (χ2v) is 9.92. The van der Waals surface area contributed by atoms with Crippen molar-refractivity contribution in [3.63, 3.8) is 0 Å². The minimum Gasteiger partial charge on any atom is -0.444 e. The van der Waals surface area contributed by atoms with Gasteiger partial charge in [0.1, 0.15) is 16.9 Å².